The van der Waals surface area contributed by atoms with Crippen LogP contribution in [0.3, 0.4) is 0 Å². The highest BCUT2D eigenvalue weighted by Crippen LogP contribution is 2.21. The van der Waals surface area contributed by atoms with Gasteiger partial charge in [0.1, 0.15) is 4.21 Å². The molecule has 1 aromatic heterocycles. The lowest BCUT2D eigenvalue weighted by Gasteiger charge is -2.18. The molecule has 3 nitrogen and oxygen atoms in total. The van der Waals surface area contributed by atoms with Crippen molar-refractivity contribution < 1.29 is 8.42 Å². The first kappa shape index (κ1) is 12.2. The molecule has 0 radical (unpaired) electrons. The van der Waals surface area contributed by atoms with Gasteiger partial charge < -0.3 is 0 Å². The minimum Gasteiger partial charge on any atom is -0.206 e. The molecule has 0 saturated heterocycles. The summed E-state index contributed by atoms with van der Waals surface area (Å²) >= 11 is 1.23. The summed E-state index contributed by atoms with van der Waals surface area (Å²) in [7, 11) is -3.48. The van der Waals surface area contributed by atoms with Gasteiger partial charge in [0, 0.05) is 4.88 Å². The number of thiophene rings is 1. The van der Waals surface area contributed by atoms with Crippen LogP contribution in [0.5, 0.6) is 0 Å². The van der Waals surface area contributed by atoms with E-state index in [-0.39, 0.29) is 0 Å². The van der Waals surface area contributed by atoms with Crippen LogP contribution >= 0.6 is 11.3 Å². The van der Waals surface area contributed by atoms with Gasteiger partial charge >= 0.3 is 0 Å². The molecule has 1 heterocycles. The first-order chi connectivity index (χ1) is 6.77. The van der Waals surface area contributed by atoms with E-state index in [1.54, 1.807) is 26.0 Å². The Labute approximate surface area is 94.6 Å². The van der Waals surface area contributed by atoms with Crippen molar-refractivity contribution in [2.45, 2.75) is 30.5 Å². The van der Waals surface area contributed by atoms with Gasteiger partial charge in [-0.05, 0) is 32.9 Å². The second-order valence-corrected chi connectivity index (χ2v) is 6.94. The van der Waals surface area contributed by atoms with Crippen LogP contribution in [0.1, 0.15) is 18.7 Å². The fourth-order valence-corrected chi connectivity index (χ4v) is 3.60. The molecular formula is C10H13NO2S2. The Bertz CT molecular complexity index is 492. The largest absolute Gasteiger partial charge is 0.251 e. The first-order valence-corrected chi connectivity index (χ1v) is 6.65. The maximum absolute atomic E-state index is 11.8. The predicted octanol–water partition coefficient (Wildman–Crippen LogP) is 1.75. The zero-order valence-corrected chi connectivity index (χ0v) is 10.5. The minimum absolute atomic E-state index is 0.295. The zero-order chi connectivity index (χ0) is 11.7. The first-order valence-electron chi connectivity index (χ1n) is 4.35. The molecule has 0 fully saturated rings. The second-order valence-electron chi connectivity index (χ2n) is 3.74. The highest BCUT2D eigenvalue weighted by molar-refractivity contribution is 7.91. The van der Waals surface area contributed by atoms with Crippen molar-refractivity contribution in [2.24, 2.45) is 0 Å². The van der Waals surface area contributed by atoms with Crippen LogP contribution in [0.2, 0.25) is 0 Å². The number of terminal acetylenes is 1. The Morgan fingerprint density at radius 3 is 2.47 bits per heavy atom. The molecule has 82 valence electrons. The van der Waals surface area contributed by atoms with Crippen molar-refractivity contribution in [2.75, 3.05) is 0 Å². The lowest BCUT2D eigenvalue weighted by molar-refractivity contribution is 0.541. The van der Waals surface area contributed by atoms with Crippen LogP contribution in [0.4, 0.5) is 0 Å². The predicted molar refractivity (Wildman–Crippen MR) is 62.3 cm³/mol. The van der Waals surface area contributed by atoms with Gasteiger partial charge in [-0.15, -0.1) is 17.8 Å². The van der Waals surface area contributed by atoms with Crippen molar-refractivity contribution in [1.82, 2.24) is 4.72 Å². The van der Waals surface area contributed by atoms with Crippen LogP contribution in [-0.4, -0.2) is 14.0 Å². The van der Waals surface area contributed by atoms with E-state index in [1.165, 1.54) is 11.3 Å². The third-order valence-electron chi connectivity index (χ3n) is 1.73. The van der Waals surface area contributed by atoms with E-state index in [0.29, 0.717) is 4.21 Å². The van der Waals surface area contributed by atoms with Gasteiger partial charge in [-0.1, -0.05) is 5.92 Å². The molecule has 0 aliphatic heterocycles. The Kier molecular flexibility index (Phi) is 3.24. The molecule has 0 atom stereocenters. The van der Waals surface area contributed by atoms with E-state index in [9.17, 15) is 8.42 Å². The van der Waals surface area contributed by atoms with Crippen LogP contribution in [0.25, 0.3) is 0 Å². The number of nitrogens with one attached hydrogen (secondary N) is 1. The average Bonchev–Trinajstić information content (AvgIpc) is 2.51. The van der Waals surface area contributed by atoms with Crippen LogP contribution in [0.15, 0.2) is 16.3 Å². The third kappa shape index (κ3) is 3.06. The molecule has 1 aromatic rings. The van der Waals surface area contributed by atoms with Crippen molar-refractivity contribution in [3.8, 4) is 12.3 Å². The molecule has 0 amide bonds. The molecule has 0 unspecified atom stereocenters. The molecule has 0 aliphatic carbocycles. The van der Waals surface area contributed by atoms with Gasteiger partial charge in [-0.2, -0.15) is 4.72 Å². The number of hydrogen-bond acceptors (Lipinski definition) is 3. The average molecular weight is 243 g/mol. The van der Waals surface area contributed by atoms with Crippen molar-refractivity contribution in [3.63, 3.8) is 0 Å². The smallest absolute Gasteiger partial charge is 0.206 e. The van der Waals surface area contributed by atoms with Crippen molar-refractivity contribution in [3.05, 3.63) is 17.0 Å². The number of rotatable bonds is 3. The summed E-state index contributed by atoms with van der Waals surface area (Å²) in [6, 6.07) is 3.34. The van der Waals surface area contributed by atoms with Crippen molar-refractivity contribution >= 4 is 21.4 Å². The maximum Gasteiger partial charge on any atom is 0.251 e. The molecule has 1 N–H and O–H groups in total. The van der Waals surface area contributed by atoms with Crippen molar-refractivity contribution in [1.29, 1.82) is 0 Å². The molecule has 0 bridgehead atoms. The SMILES string of the molecule is C#CC(C)(C)NS(=O)(=O)c1ccc(C)s1. The van der Waals surface area contributed by atoms with Crippen LogP contribution in [0, 0.1) is 19.3 Å². The van der Waals surface area contributed by atoms with E-state index in [1.807, 2.05) is 6.92 Å². The fraction of sp³-hybridized carbons (Fsp3) is 0.400. The summed E-state index contributed by atoms with van der Waals surface area (Å²) in [4.78, 5) is 0.953. The molecule has 0 spiro atoms. The molecule has 1 rings (SSSR count). The summed E-state index contributed by atoms with van der Waals surface area (Å²) in [5, 5.41) is 0. The van der Waals surface area contributed by atoms with Gasteiger partial charge in [-0.25, -0.2) is 8.42 Å². The van der Waals surface area contributed by atoms with E-state index < -0.39 is 15.6 Å². The summed E-state index contributed by atoms with van der Waals surface area (Å²) in [6.45, 7) is 5.14. The lowest BCUT2D eigenvalue weighted by Crippen LogP contribution is -2.41. The molecule has 15 heavy (non-hydrogen) atoms. The Balaban J connectivity index is 3.01. The monoisotopic (exact) mass is 243 g/mol. The maximum atomic E-state index is 11.8. The fourth-order valence-electron chi connectivity index (χ4n) is 0.972. The quantitative estimate of drug-likeness (QED) is 0.822. The van der Waals surface area contributed by atoms with Gasteiger partial charge in [0.25, 0.3) is 10.0 Å². The summed E-state index contributed by atoms with van der Waals surface area (Å²) in [5.41, 5.74) is -0.864. The topological polar surface area (TPSA) is 46.2 Å². The van der Waals surface area contributed by atoms with E-state index in [4.69, 9.17) is 6.42 Å². The molecule has 0 saturated carbocycles. The Hall–Kier alpha value is -0.830. The normalized spacial score (nSPS) is 12.4. The van der Waals surface area contributed by atoms with E-state index >= 15 is 0 Å². The number of aryl methyl sites for hydroxylation is 1. The zero-order valence-electron chi connectivity index (χ0n) is 8.87. The van der Waals surface area contributed by atoms with Gasteiger partial charge in [0.15, 0.2) is 0 Å². The Morgan fingerprint density at radius 2 is 2.07 bits per heavy atom. The van der Waals surface area contributed by atoms with Gasteiger partial charge in [0.05, 0.1) is 5.54 Å². The standard InChI is InChI=1S/C10H13NO2S2/c1-5-10(3,4)11-15(12,13)9-7-6-8(2)14-9/h1,6-7,11H,2-4H3. The van der Waals surface area contributed by atoms with E-state index in [2.05, 4.69) is 10.6 Å². The molecule has 0 aliphatic rings. The minimum atomic E-state index is -3.48. The van der Waals surface area contributed by atoms with Crippen LogP contribution in [-0.2, 0) is 10.0 Å². The summed E-state index contributed by atoms with van der Waals surface area (Å²) in [6.07, 6.45) is 5.22. The number of hydrogen-bond donors (Lipinski definition) is 1. The van der Waals surface area contributed by atoms with Gasteiger partial charge in [0.2, 0.25) is 0 Å². The van der Waals surface area contributed by atoms with E-state index in [0.717, 1.165) is 4.88 Å². The van der Waals surface area contributed by atoms with Crippen LogP contribution < -0.4 is 4.72 Å². The highest BCUT2D eigenvalue weighted by Gasteiger charge is 2.25. The van der Waals surface area contributed by atoms with Gasteiger partial charge in [-0.3, -0.25) is 0 Å². The third-order valence-corrected chi connectivity index (χ3v) is 4.88. The number of sulfonamides is 1. The summed E-state index contributed by atoms with van der Waals surface area (Å²) in [5.74, 6) is 2.39. The lowest BCUT2D eigenvalue weighted by atomic mass is 10.1. The molecule has 0 aromatic carbocycles. The highest BCUT2D eigenvalue weighted by atomic mass is 32.2. The molecule has 5 heteroatoms. The molecular weight excluding hydrogens is 230 g/mol. The summed E-state index contributed by atoms with van der Waals surface area (Å²) < 4.78 is 26.4. The second kappa shape index (κ2) is 3.97. The Morgan fingerprint density at radius 1 is 1.47 bits per heavy atom.